The third-order valence-electron chi connectivity index (χ3n) is 3.16. The summed E-state index contributed by atoms with van der Waals surface area (Å²) in [6.07, 6.45) is 0.446. The summed E-state index contributed by atoms with van der Waals surface area (Å²) in [5.41, 5.74) is 0.708. The standard InChI is InChI=1S/C16H19BrN2O2S/c1-19(11-12-7-8-15(17)22-12)10-9-16(20)18-13-5-3-4-6-14(13)21-2/h3-8H,9-11H2,1-2H3,(H,18,20). The predicted octanol–water partition coefficient (Wildman–Crippen LogP) is 3.98. The van der Waals surface area contributed by atoms with Crippen LogP contribution in [0.2, 0.25) is 0 Å². The number of rotatable bonds is 7. The fraction of sp³-hybridized carbons (Fsp3) is 0.312. The molecule has 22 heavy (non-hydrogen) atoms. The number of halogens is 1. The van der Waals surface area contributed by atoms with Gasteiger partial charge in [-0.1, -0.05) is 12.1 Å². The van der Waals surface area contributed by atoms with Gasteiger partial charge in [-0.05, 0) is 47.2 Å². The van der Waals surface area contributed by atoms with Gasteiger partial charge in [0.2, 0.25) is 5.91 Å². The minimum atomic E-state index is -0.0105. The zero-order valence-corrected chi connectivity index (χ0v) is 15.0. The molecule has 0 radical (unpaired) electrons. The first-order valence-corrected chi connectivity index (χ1v) is 8.55. The van der Waals surface area contributed by atoms with Gasteiger partial charge in [-0.25, -0.2) is 0 Å². The molecule has 0 saturated carbocycles. The van der Waals surface area contributed by atoms with Crippen molar-refractivity contribution in [3.8, 4) is 5.75 Å². The Morgan fingerprint density at radius 2 is 2.09 bits per heavy atom. The van der Waals surface area contributed by atoms with E-state index in [4.69, 9.17) is 4.74 Å². The molecule has 0 aliphatic carbocycles. The van der Waals surface area contributed by atoms with E-state index < -0.39 is 0 Å². The van der Waals surface area contributed by atoms with Crippen LogP contribution in [0, 0.1) is 0 Å². The maximum atomic E-state index is 12.0. The van der Waals surface area contributed by atoms with Gasteiger partial charge in [0.1, 0.15) is 5.75 Å². The Morgan fingerprint density at radius 1 is 1.32 bits per heavy atom. The summed E-state index contributed by atoms with van der Waals surface area (Å²) in [4.78, 5) is 15.5. The SMILES string of the molecule is COc1ccccc1NC(=O)CCN(C)Cc1ccc(Br)s1. The summed E-state index contributed by atoms with van der Waals surface area (Å²) in [7, 11) is 3.61. The van der Waals surface area contributed by atoms with Gasteiger partial charge in [0.25, 0.3) is 0 Å². The molecule has 0 unspecified atom stereocenters. The molecule has 0 spiro atoms. The van der Waals surface area contributed by atoms with Crippen LogP contribution in [0.5, 0.6) is 5.75 Å². The van der Waals surface area contributed by atoms with Gasteiger partial charge in [0.15, 0.2) is 0 Å². The van der Waals surface area contributed by atoms with Gasteiger partial charge in [-0.3, -0.25) is 4.79 Å². The molecule has 0 bridgehead atoms. The molecule has 4 nitrogen and oxygen atoms in total. The van der Waals surface area contributed by atoms with Gasteiger partial charge in [-0.2, -0.15) is 0 Å². The number of benzene rings is 1. The van der Waals surface area contributed by atoms with E-state index in [1.165, 1.54) is 4.88 Å². The summed E-state index contributed by atoms with van der Waals surface area (Å²) < 4.78 is 6.35. The molecule has 1 N–H and O–H groups in total. The second-order valence-electron chi connectivity index (χ2n) is 4.94. The van der Waals surface area contributed by atoms with E-state index in [1.54, 1.807) is 18.4 Å². The molecule has 0 saturated heterocycles. The lowest BCUT2D eigenvalue weighted by molar-refractivity contribution is -0.116. The van der Waals surface area contributed by atoms with E-state index in [0.29, 0.717) is 24.4 Å². The second-order valence-corrected chi connectivity index (χ2v) is 7.49. The summed E-state index contributed by atoms with van der Waals surface area (Å²) in [6, 6.07) is 11.6. The van der Waals surface area contributed by atoms with Crippen molar-refractivity contribution in [3.05, 3.63) is 45.1 Å². The molecule has 1 aromatic carbocycles. The van der Waals surface area contributed by atoms with E-state index in [2.05, 4.69) is 32.2 Å². The Kier molecular flexibility index (Phi) is 6.42. The van der Waals surface area contributed by atoms with Crippen LogP contribution in [-0.2, 0) is 11.3 Å². The van der Waals surface area contributed by atoms with Crippen molar-refractivity contribution in [1.29, 1.82) is 0 Å². The Hall–Kier alpha value is -1.37. The molecule has 0 aliphatic rings. The van der Waals surface area contributed by atoms with Crippen LogP contribution in [-0.4, -0.2) is 31.5 Å². The number of nitrogens with one attached hydrogen (secondary N) is 1. The molecule has 6 heteroatoms. The third kappa shape index (κ3) is 5.12. The van der Waals surface area contributed by atoms with E-state index in [0.717, 1.165) is 10.3 Å². The number of para-hydroxylation sites is 2. The first-order chi connectivity index (χ1) is 10.6. The maximum Gasteiger partial charge on any atom is 0.225 e. The van der Waals surface area contributed by atoms with Gasteiger partial charge in [0.05, 0.1) is 16.6 Å². The van der Waals surface area contributed by atoms with Crippen molar-refractivity contribution < 1.29 is 9.53 Å². The fourth-order valence-corrected chi connectivity index (χ4v) is 3.60. The highest BCUT2D eigenvalue weighted by molar-refractivity contribution is 9.11. The number of thiophene rings is 1. The van der Waals surface area contributed by atoms with Crippen molar-refractivity contribution in [2.45, 2.75) is 13.0 Å². The van der Waals surface area contributed by atoms with Crippen LogP contribution < -0.4 is 10.1 Å². The van der Waals surface area contributed by atoms with Gasteiger partial charge >= 0.3 is 0 Å². The maximum absolute atomic E-state index is 12.0. The topological polar surface area (TPSA) is 41.6 Å². The average molecular weight is 383 g/mol. The van der Waals surface area contributed by atoms with Crippen LogP contribution in [0.25, 0.3) is 0 Å². The smallest absolute Gasteiger partial charge is 0.225 e. The van der Waals surface area contributed by atoms with Gasteiger partial charge in [0, 0.05) is 24.4 Å². The van der Waals surface area contributed by atoms with E-state index >= 15 is 0 Å². The van der Waals surface area contributed by atoms with Crippen LogP contribution in [0.1, 0.15) is 11.3 Å². The first-order valence-electron chi connectivity index (χ1n) is 6.94. The summed E-state index contributed by atoms with van der Waals surface area (Å²) in [6.45, 7) is 1.55. The van der Waals surface area contributed by atoms with Crippen LogP contribution in [0.3, 0.4) is 0 Å². The number of hydrogen-bond donors (Lipinski definition) is 1. The number of nitrogens with zero attached hydrogens (tertiary/aromatic N) is 1. The van der Waals surface area contributed by atoms with Crippen LogP contribution >= 0.6 is 27.3 Å². The van der Waals surface area contributed by atoms with Gasteiger partial charge < -0.3 is 15.0 Å². The zero-order chi connectivity index (χ0) is 15.9. The second kappa shape index (κ2) is 8.31. The molecule has 0 aliphatic heterocycles. The molecule has 0 fully saturated rings. The summed E-state index contributed by atoms with van der Waals surface area (Å²) in [5.74, 6) is 0.663. The lowest BCUT2D eigenvalue weighted by Crippen LogP contribution is -2.23. The van der Waals surface area contributed by atoms with E-state index in [1.807, 2.05) is 37.4 Å². The Morgan fingerprint density at radius 3 is 2.77 bits per heavy atom. The Balaban J connectivity index is 1.79. The quantitative estimate of drug-likeness (QED) is 0.787. The number of amides is 1. The number of anilines is 1. The Labute approximate surface area is 143 Å². The fourth-order valence-electron chi connectivity index (χ4n) is 2.03. The summed E-state index contributed by atoms with van der Waals surface area (Å²) in [5, 5.41) is 2.89. The minimum Gasteiger partial charge on any atom is -0.495 e. The van der Waals surface area contributed by atoms with Crippen molar-refractivity contribution in [2.75, 3.05) is 26.0 Å². The monoisotopic (exact) mass is 382 g/mol. The van der Waals surface area contributed by atoms with Crippen molar-refractivity contribution >= 4 is 38.9 Å². The number of ether oxygens (including phenoxy) is 1. The van der Waals surface area contributed by atoms with Crippen molar-refractivity contribution in [1.82, 2.24) is 4.90 Å². The molecule has 2 aromatic rings. The number of carbonyl (C=O) groups excluding carboxylic acids is 1. The first kappa shape index (κ1) is 17.0. The minimum absolute atomic E-state index is 0.0105. The largest absolute Gasteiger partial charge is 0.495 e. The highest BCUT2D eigenvalue weighted by atomic mass is 79.9. The van der Waals surface area contributed by atoms with E-state index in [-0.39, 0.29) is 5.91 Å². The molecule has 2 rings (SSSR count). The van der Waals surface area contributed by atoms with Crippen molar-refractivity contribution in [3.63, 3.8) is 0 Å². The molecular formula is C16H19BrN2O2S. The van der Waals surface area contributed by atoms with Gasteiger partial charge in [-0.15, -0.1) is 11.3 Å². The molecule has 1 aromatic heterocycles. The molecule has 1 amide bonds. The Bertz CT molecular complexity index is 630. The predicted molar refractivity (Wildman–Crippen MR) is 94.6 cm³/mol. The highest BCUT2D eigenvalue weighted by Gasteiger charge is 2.09. The number of methoxy groups -OCH3 is 1. The van der Waals surface area contributed by atoms with E-state index in [9.17, 15) is 4.79 Å². The lowest BCUT2D eigenvalue weighted by Gasteiger charge is -2.15. The zero-order valence-electron chi connectivity index (χ0n) is 12.6. The highest BCUT2D eigenvalue weighted by Crippen LogP contribution is 2.24. The average Bonchev–Trinajstić information content (AvgIpc) is 2.91. The lowest BCUT2D eigenvalue weighted by atomic mass is 10.2. The van der Waals surface area contributed by atoms with Crippen LogP contribution in [0.15, 0.2) is 40.2 Å². The third-order valence-corrected chi connectivity index (χ3v) is 4.76. The molecular weight excluding hydrogens is 364 g/mol. The number of hydrogen-bond acceptors (Lipinski definition) is 4. The normalized spacial score (nSPS) is 10.7. The van der Waals surface area contributed by atoms with Crippen LogP contribution in [0.4, 0.5) is 5.69 Å². The molecule has 0 atom stereocenters. The summed E-state index contributed by atoms with van der Waals surface area (Å²) >= 11 is 5.17. The van der Waals surface area contributed by atoms with Crippen molar-refractivity contribution in [2.24, 2.45) is 0 Å². The number of carbonyl (C=O) groups is 1. The molecule has 118 valence electrons. The molecule has 1 heterocycles.